The maximum atomic E-state index is 14.1. The highest BCUT2D eigenvalue weighted by atomic mass is 35.5. The first-order valence-corrected chi connectivity index (χ1v) is 12.2. The minimum absolute atomic E-state index is 0.0507. The molecule has 3 aromatic rings. The van der Waals surface area contributed by atoms with Gasteiger partial charge in [-0.1, -0.05) is 11.6 Å². The zero-order valence-corrected chi connectivity index (χ0v) is 21.0. The van der Waals surface area contributed by atoms with Gasteiger partial charge in [0.05, 0.1) is 23.8 Å². The minimum Gasteiger partial charge on any atom is -0.380 e. The molecule has 3 atom stereocenters. The van der Waals surface area contributed by atoms with Gasteiger partial charge in [-0.05, 0) is 61.4 Å². The van der Waals surface area contributed by atoms with Crippen LogP contribution in [0, 0.1) is 11.6 Å². The Morgan fingerprint density at radius 3 is 2.49 bits per heavy atom. The maximum absolute atomic E-state index is 14.1. The summed E-state index contributed by atoms with van der Waals surface area (Å²) in [4.78, 5) is 26.1. The second-order valence-electron chi connectivity index (χ2n) is 9.34. The highest BCUT2D eigenvalue weighted by Gasteiger charge is 2.37. The number of nitrogens with one attached hydrogen (secondary N) is 3. The Balaban J connectivity index is 1.58. The summed E-state index contributed by atoms with van der Waals surface area (Å²) >= 11 is 6.30. The van der Waals surface area contributed by atoms with Gasteiger partial charge in [-0.2, -0.15) is 13.2 Å². The lowest BCUT2D eigenvalue weighted by Gasteiger charge is -2.36. The van der Waals surface area contributed by atoms with Crippen molar-refractivity contribution in [1.82, 2.24) is 5.32 Å². The fraction of sp³-hybridized carbons (Fsp3) is 0.259. The molecule has 0 spiro atoms. The molecule has 2 unspecified atom stereocenters. The van der Waals surface area contributed by atoms with E-state index in [-0.39, 0.29) is 45.6 Å². The molecule has 0 saturated heterocycles. The zero-order valence-electron chi connectivity index (χ0n) is 20.3. The Morgan fingerprint density at radius 1 is 1.05 bits per heavy atom. The Hall–Kier alpha value is -3.70. The molecule has 6 nitrogen and oxygen atoms in total. The monoisotopic (exact) mass is 565 g/mol. The number of rotatable bonds is 6. The van der Waals surface area contributed by atoms with E-state index in [9.17, 15) is 31.5 Å². The fourth-order valence-electron chi connectivity index (χ4n) is 4.80. The van der Waals surface area contributed by atoms with Gasteiger partial charge in [0.15, 0.2) is 0 Å². The second-order valence-corrected chi connectivity index (χ2v) is 9.75. The first kappa shape index (κ1) is 26.9. The van der Waals surface area contributed by atoms with E-state index < -0.39 is 46.8 Å². The van der Waals surface area contributed by atoms with Crippen molar-refractivity contribution >= 4 is 34.8 Å². The van der Waals surface area contributed by atoms with Crippen LogP contribution in [0.4, 0.5) is 33.3 Å². The van der Waals surface area contributed by atoms with Gasteiger partial charge in [-0.25, -0.2) is 8.78 Å². The molecule has 0 radical (unpaired) electrons. The third-order valence-electron chi connectivity index (χ3n) is 6.86. The lowest BCUT2D eigenvalue weighted by molar-refractivity contribution is -0.137. The van der Waals surface area contributed by atoms with Gasteiger partial charge < -0.3 is 20.7 Å². The average molecular weight is 566 g/mol. The predicted molar refractivity (Wildman–Crippen MR) is 134 cm³/mol. The number of anilines is 2. The molecule has 1 saturated carbocycles. The van der Waals surface area contributed by atoms with Crippen LogP contribution in [0.2, 0.25) is 5.02 Å². The van der Waals surface area contributed by atoms with Gasteiger partial charge in [0.25, 0.3) is 11.8 Å². The van der Waals surface area contributed by atoms with Crippen molar-refractivity contribution in [3.8, 4) is 0 Å². The van der Waals surface area contributed by atoms with E-state index in [1.54, 1.807) is 13.2 Å². The summed E-state index contributed by atoms with van der Waals surface area (Å²) in [6, 6.07) is 7.10. The third kappa shape index (κ3) is 5.28. The summed E-state index contributed by atoms with van der Waals surface area (Å²) in [5.41, 5.74) is -0.832. The van der Waals surface area contributed by atoms with Gasteiger partial charge in [0.2, 0.25) is 0 Å². The van der Waals surface area contributed by atoms with Crippen molar-refractivity contribution in [2.24, 2.45) is 0 Å². The van der Waals surface area contributed by atoms with Crippen LogP contribution in [-0.2, 0) is 10.9 Å². The first-order chi connectivity index (χ1) is 18.4. The lowest BCUT2D eigenvalue weighted by Crippen LogP contribution is -2.44. The number of carbonyl (C=O) groups excluding carboxylic acids is 2. The van der Waals surface area contributed by atoms with E-state index in [1.165, 1.54) is 12.1 Å². The SMILES string of the molecule is CO[C@@H]1CCC1Nc1cc(NC(=O)c2cc(F)cc(C(F)(F)F)c2)c2c(c1)C(=O)NC2c1cc(F)ccc1Cl. The number of amides is 2. The zero-order chi connectivity index (χ0) is 28.1. The van der Waals surface area contributed by atoms with Crippen LogP contribution in [-0.4, -0.2) is 31.1 Å². The van der Waals surface area contributed by atoms with Crippen LogP contribution in [0.5, 0.6) is 0 Å². The number of fused-ring (bicyclic) bond motifs is 1. The summed E-state index contributed by atoms with van der Waals surface area (Å²) < 4.78 is 73.2. The molecular weight excluding hydrogens is 545 g/mol. The topological polar surface area (TPSA) is 79.5 Å². The number of hydrogen-bond donors (Lipinski definition) is 3. The van der Waals surface area contributed by atoms with Gasteiger partial charge >= 0.3 is 6.18 Å². The maximum Gasteiger partial charge on any atom is 0.416 e. The summed E-state index contributed by atoms with van der Waals surface area (Å²) in [6.07, 6.45) is -3.34. The standard InChI is InChI=1S/C27H21ClF5N3O3/c1-39-22-5-4-20(22)34-16-10-18-23(24(36-26(18)38)17-9-14(29)2-3-19(17)28)21(11-16)35-25(37)12-6-13(27(31,32)33)8-15(30)7-12/h2-3,6-11,20,22,24,34H,4-5H2,1H3,(H,35,37)(H,36,38)/t20?,22-,24?/m1/s1. The van der Waals surface area contributed by atoms with Crippen molar-refractivity contribution in [2.75, 3.05) is 17.7 Å². The molecule has 1 aliphatic heterocycles. The van der Waals surface area contributed by atoms with Crippen molar-refractivity contribution in [2.45, 2.75) is 37.2 Å². The van der Waals surface area contributed by atoms with Crippen molar-refractivity contribution in [3.63, 3.8) is 0 Å². The average Bonchev–Trinajstić information content (AvgIpc) is 3.19. The Labute approximate surface area is 224 Å². The summed E-state index contributed by atoms with van der Waals surface area (Å²) in [5, 5.41) is 8.63. The molecule has 2 aliphatic rings. The summed E-state index contributed by atoms with van der Waals surface area (Å²) in [7, 11) is 1.57. The lowest BCUT2D eigenvalue weighted by atomic mass is 9.88. The van der Waals surface area contributed by atoms with E-state index in [0.717, 1.165) is 25.0 Å². The van der Waals surface area contributed by atoms with E-state index >= 15 is 0 Å². The van der Waals surface area contributed by atoms with Crippen LogP contribution in [0.3, 0.4) is 0 Å². The number of carbonyl (C=O) groups is 2. The van der Waals surface area contributed by atoms with Crippen molar-refractivity contribution in [3.05, 3.63) is 93.0 Å². The van der Waals surface area contributed by atoms with Gasteiger partial charge in [0.1, 0.15) is 11.6 Å². The Kier molecular flexibility index (Phi) is 6.98. The molecule has 1 heterocycles. The normalized spacial score (nSPS) is 20.2. The molecule has 1 aliphatic carbocycles. The molecule has 3 N–H and O–H groups in total. The molecule has 204 valence electrons. The molecule has 2 amide bonds. The largest absolute Gasteiger partial charge is 0.416 e. The van der Waals surface area contributed by atoms with Crippen molar-refractivity contribution in [1.29, 1.82) is 0 Å². The fourth-order valence-corrected chi connectivity index (χ4v) is 5.03. The highest BCUT2D eigenvalue weighted by Crippen LogP contribution is 2.42. The van der Waals surface area contributed by atoms with Gasteiger partial charge in [-0.3, -0.25) is 9.59 Å². The summed E-state index contributed by atoms with van der Waals surface area (Å²) in [6.45, 7) is 0. The smallest absolute Gasteiger partial charge is 0.380 e. The molecule has 0 aromatic heterocycles. The van der Waals surface area contributed by atoms with Crippen molar-refractivity contribution < 1.29 is 36.3 Å². The number of benzene rings is 3. The number of halogens is 6. The minimum atomic E-state index is -4.88. The number of ether oxygens (including phenoxy) is 1. The van der Waals surface area contributed by atoms with E-state index in [2.05, 4.69) is 16.0 Å². The molecule has 5 rings (SSSR count). The molecule has 3 aromatic carbocycles. The quantitative estimate of drug-likeness (QED) is 0.306. The molecule has 0 bridgehead atoms. The van der Waals surface area contributed by atoms with E-state index in [4.69, 9.17) is 16.3 Å². The van der Waals surface area contributed by atoms with Crippen LogP contribution in [0.1, 0.15) is 56.3 Å². The first-order valence-electron chi connectivity index (χ1n) is 11.9. The summed E-state index contributed by atoms with van der Waals surface area (Å²) in [5.74, 6) is -3.43. The van der Waals surface area contributed by atoms with E-state index in [1.807, 2.05) is 0 Å². The second kappa shape index (κ2) is 10.1. The van der Waals surface area contributed by atoms with Gasteiger partial charge in [-0.15, -0.1) is 0 Å². The highest BCUT2D eigenvalue weighted by molar-refractivity contribution is 6.31. The van der Waals surface area contributed by atoms with Crippen LogP contribution >= 0.6 is 11.6 Å². The van der Waals surface area contributed by atoms with Crippen LogP contribution < -0.4 is 16.0 Å². The third-order valence-corrected chi connectivity index (χ3v) is 7.20. The molecule has 1 fully saturated rings. The molecule has 12 heteroatoms. The predicted octanol–water partition coefficient (Wildman–Crippen LogP) is 6.31. The van der Waals surface area contributed by atoms with Gasteiger partial charge in [0, 0.05) is 45.8 Å². The van der Waals surface area contributed by atoms with Crippen LogP contribution in [0.15, 0.2) is 48.5 Å². The molecular formula is C27H21ClF5N3O3. The Bertz CT molecular complexity index is 1480. The molecule has 39 heavy (non-hydrogen) atoms. The number of hydrogen-bond acceptors (Lipinski definition) is 4. The Morgan fingerprint density at radius 2 is 1.82 bits per heavy atom. The number of alkyl halides is 3. The number of methoxy groups -OCH3 is 1. The van der Waals surface area contributed by atoms with Crippen LogP contribution in [0.25, 0.3) is 0 Å². The van der Waals surface area contributed by atoms with E-state index in [0.29, 0.717) is 17.8 Å².